The Morgan fingerprint density at radius 2 is 1.63 bits per heavy atom. The summed E-state index contributed by atoms with van der Waals surface area (Å²) in [5.41, 5.74) is 7.31. The summed E-state index contributed by atoms with van der Waals surface area (Å²) in [5.74, 6) is 0. The van der Waals surface area contributed by atoms with Crippen molar-refractivity contribution in [1.82, 2.24) is 5.06 Å². The van der Waals surface area contributed by atoms with Crippen molar-refractivity contribution in [3.05, 3.63) is 35.9 Å². The highest BCUT2D eigenvalue weighted by molar-refractivity contribution is 5.13. The van der Waals surface area contributed by atoms with E-state index in [1.165, 1.54) is 5.56 Å². The van der Waals surface area contributed by atoms with E-state index in [2.05, 4.69) is 44.9 Å². The second kappa shape index (κ2) is 5.23. The molecule has 1 aliphatic rings. The van der Waals surface area contributed by atoms with E-state index < -0.39 is 0 Å². The fraction of sp³-hybridized carbons (Fsp3) is 0.625. The zero-order valence-electron chi connectivity index (χ0n) is 12.5. The maximum Gasteiger partial charge on any atom is 0.0936 e. The third kappa shape index (κ3) is 3.35. The summed E-state index contributed by atoms with van der Waals surface area (Å²) in [5, 5.41) is 2.15. The Balaban J connectivity index is 2.08. The van der Waals surface area contributed by atoms with Crippen molar-refractivity contribution >= 4 is 0 Å². The molecule has 19 heavy (non-hydrogen) atoms. The number of nitrogens with two attached hydrogens (primary N) is 1. The van der Waals surface area contributed by atoms with Gasteiger partial charge in [0, 0.05) is 17.1 Å². The Kier molecular flexibility index (Phi) is 4.00. The molecular formula is C16H26N2O. The second-order valence-corrected chi connectivity index (χ2v) is 6.85. The molecule has 0 unspecified atom stereocenters. The number of hydrogen-bond donors (Lipinski definition) is 1. The zero-order chi connectivity index (χ0) is 14.1. The lowest BCUT2D eigenvalue weighted by Gasteiger charge is -2.53. The van der Waals surface area contributed by atoms with Gasteiger partial charge in [-0.1, -0.05) is 30.3 Å². The van der Waals surface area contributed by atoms with Crippen molar-refractivity contribution in [3.8, 4) is 0 Å². The van der Waals surface area contributed by atoms with E-state index in [0.29, 0.717) is 6.61 Å². The lowest BCUT2D eigenvalue weighted by Crippen LogP contribution is -2.62. The summed E-state index contributed by atoms with van der Waals surface area (Å²) >= 11 is 0. The minimum atomic E-state index is -0.0318. The largest absolute Gasteiger partial charge is 0.328 e. The lowest BCUT2D eigenvalue weighted by molar-refractivity contribution is -0.290. The van der Waals surface area contributed by atoms with Gasteiger partial charge in [0.2, 0.25) is 0 Å². The molecule has 1 aromatic rings. The van der Waals surface area contributed by atoms with E-state index in [9.17, 15) is 0 Å². The Labute approximate surface area is 116 Å². The first-order valence-electron chi connectivity index (χ1n) is 7.04. The van der Waals surface area contributed by atoms with Crippen molar-refractivity contribution in [2.45, 2.75) is 64.3 Å². The van der Waals surface area contributed by atoms with Crippen molar-refractivity contribution in [2.24, 2.45) is 5.73 Å². The van der Waals surface area contributed by atoms with Crippen LogP contribution < -0.4 is 5.73 Å². The van der Waals surface area contributed by atoms with Crippen molar-refractivity contribution in [2.75, 3.05) is 0 Å². The van der Waals surface area contributed by atoms with Crippen LogP contribution in [0.2, 0.25) is 0 Å². The maximum absolute atomic E-state index is 6.17. The molecule has 0 saturated carbocycles. The summed E-state index contributed by atoms with van der Waals surface area (Å²) in [6, 6.07) is 10.5. The molecule has 0 radical (unpaired) electrons. The zero-order valence-corrected chi connectivity index (χ0v) is 12.5. The molecule has 0 bridgehead atoms. The third-order valence-corrected chi connectivity index (χ3v) is 3.83. The molecule has 106 valence electrons. The first-order chi connectivity index (χ1) is 8.81. The van der Waals surface area contributed by atoms with Crippen LogP contribution in [0.5, 0.6) is 0 Å². The van der Waals surface area contributed by atoms with E-state index in [4.69, 9.17) is 10.6 Å². The van der Waals surface area contributed by atoms with Gasteiger partial charge >= 0.3 is 0 Å². The Bertz CT molecular complexity index is 396. The van der Waals surface area contributed by atoms with Crippen LogP contribution in [-0.4, -0.2) is 22.2 Å². The smallest absolute Gasteiger partial charge is 0.0936 e. The fourth-order valence-electron chi connectivity index (χ4n) is 3.40. The molecule has 0 aromatic heterocycles. The van der Waals surface area contributed by atoms with Gasteiger partial charge in [-0.25, -0.2) is 0 Å². The predicted molar refractivity (Wildman–Crippen MR) is 78.4 cm³/mol. The van der Waals surface area contributed by atoms with E-state index >= 15 is 0 Å². The summed E-state index contributed by atoms with van der Waals surface area (Å²) in [6.45, 7) is 9.44. The van der Waals surface area contributed by atoms with Crippen molar-refractivity contribution in [1.29, 1.82) is 0 Å². The van der Waals surface area contributed by atoms with Crippen LogP contribution in [0.3, 0.4) is 0 Å². The summed E-state index contributed by atoms with van der Waals surface area (Å²) in [6.07, 6.45) is 1.93. The molecule has 0 amide bonds. The Hall–Kier alpha value is -0.900. The first kappa shape index (κ1) is 14.5. The predicted octanol–water partition coefficient (Wildman–Crippen LogP) is 3.10. The summed E-state index contributed by atoms with van der Waals surface area (Å²) < 4.78 is 0. The van der Waals surface area contributed by atoms with Crippen LogP contribution >= 0.6 is 0 Å². The van der Waals surface area contributed by atoms with Crippen LogP contribution in [0, 0.1) is 0 Å². The quantitative estimate of drug-likeness (QED) is 0.909. The van der Waals surface area contributed by atoms with E-state index in [1.807, 2.05) is 18.2 Å². The molecule has 3 nitrogen and oxygen atoms in total. The number of nitrogens with zero attached hydrogens (tertiary/aromatic N) is 1. The summed E-state index contributed by atoms with van der Waals surface area (Å²) in [4.78, 5) is 6.13. The standard InChI is InChI=1S/C16H26N2O/c1-15(2)10-14(17)11-16(3,4)18(15)19-12-13-8-6-5-7-9-13/h5-9,14H,10-12,17H2,1-4H3. The highest BCUT2D eigenvalue weighted by Gasteiger charge is 2.45. The van der Waals surface area contributed by atoms with E-state index in [-0.39, 0.29) is 17.1 Å². The molecule has 1 aromatic carbocycles. The van der Waals surface area contributed by atoms with Gasteiger partial charge in [0.25, 0.3) is 0 Å². The van der Waals surface area contributed by atoms with Gasteiger partial charge in [0.15, 0.2) is 0 Å². The van der Waals surface area contributed by atoms with Gasteiger partial charge in [-0.05, 0) is 46.1 Å². The van der Waals surface area contributed by atoms with Crippen molar-refractivity contribution < 1.29 is 4.84 Å². The van der Waals surface area contributed by atoms with Crippen LogP contribution in [0.4, 0.5) is 0 Å². The van der Waals surface area contributed by atoms with Crippen LogP contribution in [-0.2, 0) is 11.4 Å². The number of benzene rings is 1. The molecule has 1 aliphatic heterocycles. The normalized spacial score (nSPS) is 23.4. The number of hydrogen-bond acceptors (Lipinski definition) is 3. The van der Waals surface area contributed by atoms with Gasteiger partial charge in [0.05, 0.1) is 6.61 Å². The van der Waals surface area contributed by atoms with Crippen LogP contribution in [0.1, 0.15) is 46.1 Å². The average Bonchev–Trinajstić information content (AvgIpc) is 2.26. The van der Waals surface area contributed by atoms with Gasteiger partial charge in [-0.15, -0.1) is 0 Å². The maximum atomic E-state index is 6.17. The topological polar surface area (TPSA) is 38.5 Å². The SMILES string of the molecule is CC1(C)CC(N)CC(C)(C)N1OCc1ccccc1. The molecule has 1 heterocycles. The number of hydroxylamine groups is 2. The molecule has 0 atom stereocenters. The minimum Gasteiger partial charge on any atom is -0.328 e. The molecule has 1 fully saturated rings. The van der Waals surface area contributed by atoms with Crippen LogP contribution in [0.15, 0.2) is 30.3 Å². The molecule has 2 N–H and O–H groups in total. The van der Waals surface area contributed by atoms with Gasteiger partial charge in [-0.2, -0.15) is 5.06 Å². The minimum absolute atomic E-state index is 0.0318. The Morgan fingerprint density at radius 1 is 1.11 bits per heavy atom. The van der Waals surface area contributed by atoms with Gasteiger partial charge < -0.3 is 5.73 Å². The lowest BCUT2D eigenvalue weighted by atomic mass is 9.79. The molecule has 1 saturated heterocycles. The van der Waals surface area contributed by atoms with Gasteiger partial charge in [-0.3, -0.25) is 4.84 Å². The van der Waals surface area contributed by atoms with E-state index in [1.54, 1.807) is 0 Å². The monoisotopic (exact) mass is 262 g/mol. The highest BCUT2D eigenvalue weighted by atomic mass is 16.7. The number of piperidine rings is 1. The fourth-order valence-corrected chi connectivity index (χ4v) is 3.40. The van der Waals surface area contributed by atoms with Gasteiger partial charge in [0.1, 0.15) is 0 Å². The van der Waals surface area contributed by atoms with E-state index in [0.717, 1.165) is 12.8 Å². The molecule has 3 heteroatoms. The highest BCUT2D eigenvalue weighted by Crippen LogP contribution is 2.38. The number of rotatable bonds is 3. The average molecular weight is 262 g/mol. The second-order valence-electron chi connectivity index (χ2n) is 6.85. The summed E-state index contributed by atoms with van der Waals surface area (Å²) in [7, 11) is 0. The third-order valence-electron chi connectivity index (χ3n) is 3.83. The first-order valence-corrected chi connectivity index (χ1v) is 7.04. The molecule has 0 spiro atoms. The van der Waals surface area contributed by atoms with Crippen molar-refractivity contribution in [3.63, 3.8) is 0 Å². The Morgan fingerprint density at radius 3 is 2.16 bits per heavy atom. The molecular weight excluding hydrogens is 236 g/mol. The molecule has 2 rings (SSSR count). The van der Waals surface area contributed by atoms with Crippen LogP contribution in [0.25, 0.3) is 0 Å². The molecule has 0 aliphatic carbocycles.